The summed E-state index contributed by atoms with van der Waals surface area (Å²) >= 11 is 0. The van der Waals surface area contributed by atoms with Crippen molar-refractivity contribution in [3.8, 4) is 12.1 Å². The summed E-state index contributed by atoms with van der Waals surface area (Å²) < 4.78 is 90.5. The molecule has 228 valence electrons. The van der Waals surface area contributed by atoms with Gasteiger partial charge in [-0.2, -0.15) is 42.0 Å². The molecule has 5 rings (SSSR count). The summed E-state index contributed by atoms with van der Waals surface area (Å²) in [6, 6.07) is 11.2. The Kier molecular flexibility index (Phi) is 6.66. The van der Waals surface area contributed by atoms with E-state index in [0.29, 0.717) is 0 Å². The summed E-state index contributed by atoms with van der Waals surface area (Å²) in [5, 5.41) is 26.6. The average Bonchev–Trinajstić information content (AvgIpc) is 3.46. The standard InChI is InChI=1S/C30H22F6N4O4/c1-26(2)21-22(15-5-7-17(8-6-15)29(31,32)33)39-40-27(13-37,14-38)19(24(41)43-3)20(25(42)44-4)28(40,23(21)26)16-9-11-18(12-10-16)30(34,35)36/h5-12,21,23H,1-4H3/t21-,23+,28+/m1/s1. The molecule has 0 unspecified atom stereocenters. The van der Waals surface area contributed by atoms with Gasteiger partial charge in [-0.05, 0) is 40.8 Å². The lowest BCUT2D eigenvalue weighted by Gasteiger charge is -2.45. The number of benzene rings is 2. The second-order valence-corrected chi connectivity index (χ2v) is 11.2. The quantitative estimate of drug-likeness (QED) is 0.336. The van der Waals surface area contributed by atoms with Gasteiger partial charge in [0.15, 0.2) is 0 Å². The van der Waals surface area contributed by atoms with E-state index in [-0.39, 0.29) is 16.8 Å². The number of rotatable bonds is 4. The van der Waals surface area contributed by atoms with Crippen molar-refractivity contribution in [3.63, 3.8) is 0 Å². The highest BCUT2D eigenvalue weighted by Gasteiger charge is 2.81. The molecule has 3 aliphatic rings. The van der Waals surface area contributed by atoms with E-state index in [9.17, 15) is 46.5 Å². The van der Waals surface area contributed by atoms with Gasteiger partial charge in [0.25, 0.3) is 5.54 Å². The van der Waals surface area contributed by atoms with Crippen LogP contribution in [0.4, 0.5) is 26.3 Å². The lowest BCUT2D eigenvalue weighted by atomic mass is 9.74. The first-order valence-corrected chi connectivity index (χ1v) is 13.0. The number of halogens is 6. The van der Waals surface area contributed by atoms with Gasteiger partial charge in [0.1, 0.15) is 23.3 Å². The second-order valence-electron chi connectivity index (χ2n) is 11.2. The van der Waals surface area contributed by atoms with Crippen LogP contribution >= 0.6 is 0 Å². The molecule has 1 saturated carbocycles. The monoisotopic (exact) mass is 616 g/mol. The van der Waals surface area contributed by atoms with Crippen molar-refractivity contribution in [3.05, 3.63) is 81.9 Å². The molecule has 0 saturated heterocycles. The number of hydrogen-bond donors (Lipinski definition) is 0. The van der Waals surface area contributed by atoms with Crippen LogP contribution in [0.25, 0.3) is 0 Å². The van der Waals surface area contributed by atoms with Gasteiger partial charge in [-0.25, -0.2) is 14.6 Å². The van der Waals surface area contributed by atoms with Gasteiger partial charge >= 0.3 is 24.3 Å². The number of esters is 2. The summed E-state index contributed by atoms with van der Waals surface area (Å²) in [6.45, 7) is 3.48. The maximum absolute atomic E-state index is 13.6. The maximum atomic E-state index is 13.6. The SMILES string of the molecule is COC(=O)C1=C(C(=O)OC)[C@@]2(c3ccc(C(F)(F)F)cc3)[C@H]3[C@@H](C(c4ccc(C(F)(F)F)cc4)=NN2C1(C#N)C#N)C3(C)C. The van der Waals surface area contributed by atoms with E-state index in [1.165, 1.54) is 12.1 Å². The summed E-state index contributed by atoms with van der Waals surface area (Å²) in [6.07, 6.45) is -9.36. The van der Waals surface area contributed by atoms with Crippen LogP contribution in [-0.2, 0) is 37.0 Å². The first kappa shape index (κ1) is 30.6. The number of carbonyl (C=O) groups excluding carboxylic acids is 2. The molecule has 2 aliphatic heterocycles. The van der Waals surface area contributed by atoms with Crippen LogP contribution in [0.15, 0.2) is 64.8 Å². The van der Waals surface area contributed by atoms with Gasteiger partial charge in [0.05, 0.1) is 36.6 Å². The molecule has 0 aromatic heterocycles. The van der Waals surface area contributed by atoms with E-state index in [0.717, 1.165) is 55.6 Å². The number of carbonyl (C=O) groups is 2. The fourth-order valence-corrected chi connectivity index (χ4v) is 6.76. The van der Waals surface area contributed by atoms with Gasteiger partial charge in [-0.1, -0.05) is 38.1 Å². The molecule has 2 aromatic rings. The zero-order chi connectivity index (χ0) is 32.6. The third kappa shape index (κ3) is 3.93. The van der Waals surface area contributed by atoms with E-state index in [4.69, 9.17) is 9.47 Å². The topological polar surface area (TPSA) is 116 Å². The zero-order valence-electron chi connectivity index (χ0n) is 23.5. The molecule has 0 radical (unpaired) electrons. The number of hydrazone groups is 1. The Balaban J connectivity index is 1.90. The fourth-order valence-electron chi connectivity index (χ4n) is 6.76. The molecule has 0 amide bonds. The minimum atomic E-state index is -4.73. The zero-order valence-corrected chi connectivity index (χ0v) is 23.5. The van der Waals surface area contributed by atoms with Crippen LogP contribution in [0, 0.1) is 39.9 Å². The fraction of sp³-hybridized carbons (Fsp3) is 0.367. The highest BCUT2D eigenvalue weighted by molar-refractivity contribution is 6.10. The molecule has 3 atom stereocenters. The molecule has 0 N–H and O–H groups in total. The normalized spacial score (nSPS) is 24.7. The minimum absolute atomic E-state index is 0.00419. The van der Waals surface area contributed by atoms with E-state index in [1.807, 2.05) is 0 Å². The molecule has 14 heteroatoms. The van der Waals surface area contributed by atoms with Gasteiger partial charge in [-0.15, -0.1) is 0 Å². The molecule has 0 bridgehead atoms. The lowest BCUT2D eigenvalue weighted by Crippen LogP contribution is -2.56. The summed E-state index contributed by atoms with van der Waals surface area (Å²) in [5.74, 6) is -3.92. The van der Waals surface area contributed by atoms with Crippen molar-refractivity contribution in [2.45, 2.75) is 37.3 Å². The van der Waals surface area contributed by atoms with E-state index in [1.54, 1.807) is 26.0 Å². The summed E-state index contributed by atoms with van der Waals surface area (Å²) in [4.78, 5) is 26.9. The Morgan fingerprint density at radius 2 is 1.27 bits per heavy atom. The number of methoxy groups -OCH3 is 2. The van der Waals surface area contributed by atoms with Crippen molar-refractivity contribution in [2.75, 3.05) is 14.2 Å². The number of fused-ring (bicyclic) bond motifs is 3. The largest absolute Gasteiger partial charge is 0.466 e. The molecule has 44 heavy (non-hydrogen) atoms. The Hall–Kier alpha value is -4.85. The van der Waals surface area contributed by atoms with Crippen LogP contribution in [0.1, 0.15) is 36.1 Å². The minimum Gasteiger partial charge on any atom is -0.466 e. The van der Waals surface area contributed by atoms with E-state index >= 15 is 0 Å². The third-order valence-electron chi connectivity index (χ3n) is 8.69. The Labute approximate surface area is 246 Å². The Morgan fingerprint density at radius 1 is 0.818 bits per heavy atom. The first-order chi connectivity index (χ1) is 20.5. The van der Waals surface area contributed by atoms with Crippen LogP contribution < -0.4 is 0 Å². The molecular weight excluding hydrogens is 594 g/mol. The number of ether oxygens (including phenoxy) is 2. The van der Waals surface area contributed by atoms with Gasteiger partial charge in [0, 0.05) is 11.8 Å². The highest BCUT2D eigenvalue weighted by atomic mass is 19.4. The molecule has 1 aliphatic carbocycles. The Morgan fingerprint density at radius 3 is 1.70 bits per heavy atom. The molecular formula is C30H22F6N4O4. The van der Waals surface area contributed by atoms with Crippen molar-refractivity contribution in [1.82, 2.24) is 5.01 Å². The molecule has 8 nitrogen and oxygen atoms in total. The number of nitriles is 2. The number of alkyl halides is 6. The summed E-state index contributed by atoms with van der Waals surface area (Å²) in [7, 11) is 1.94. The van der Waals surface area contributed by atoms with Gasteiger partial charge in [-0.3, -0.25) is 0 Å². The second kappa shape index (κ2) is 9.58. The molecule has 2 aromatic carbocycles. The first-order valence-electron chi connectivity index (χ1n) is 13.0. The van der Waals surface area contributed by atoms with Crippen LogP contribution in [-0.4, -0.2) is 42.4 Å². The van der Waals surface area contributed by atoms with Crippen molar-refractivity contribution in [1.29, 1.82) is 10.5 Å². The highest BCUT2D eigenvalue weighted by Crippen LogP contribution is 2.75. The van der Waals surface area contributed by atoms with Crippen molar-refractivity contribution in [2.24, 2.45) is 22.4 Å². The third-order valence-corrected chi connectivity index (χ3v) is 8.69. The molecule has 0 spiro atoms. The van der Waals surface area contributed by atoms with E-state index < -0.39 is 74.9 Å². The van der Waals surface area contributed by atoms with Crippen LogP contribution in [0.2, 0.25) is 0 Å². The van der Waals surface area contributed by atoms with Crippen molar-refractivity contribution >= 4 is 17.7 Å². The predicted octanol–water partition coefficient (Wildman–Crippen LogP) is 5.35. The van der Waals surface area contributed by atoms with Gasteiger partial charge < -0.3 is 9.47 Å². The Bertz CT molecular complexity index is 1700. The van der Waals surface area contributed by atoms with Crippen LogP contribution in [0.3, 0.4) is 0 Å². The smallest absolute Gasteiger partial charge is 0.416 e. The lowest BCUT2D eigenvalue weighted by molar-refractivity contribution is -0.140. The van der Waals surface area contributed by atoms with Crippen LogP contribution in [0.5, 0.6) is 0 Å². The van der Waals surface area contributed by atoms with Gasteiger partial charge in [0.2, 0.25) is 0 Å². The number of hydrogen-bond acceptors (Lipinski definition) is 8. The predicted molar refractivity (Wildman–Crippen MR) is 139 cm³/mol. The number of nitrogens with zero attached hydrogens (tertiary/aromatic N) is 4. The maximum Gasteiger partial charge on any atom is 0.416 e. The van der Waals surface area contributed by atoms with E-state index in [2.05, 4.69) is 5.10 Å². The molecule has 2 heterocycles. The van der Waals surface area contributed by atoms with Crippen molar-refractivity contribution < 1.29 is 45.4 Å². The molecule has 1 fully saturated rings. The average molecular weight is 617 g/mol. The summed E-state index contributed by atoms with van der Waals surface area (Å²) in [5.41, 5.74) is -8.40.